The summed E-state index contributed by atoms with van der Waals surface area (Å²) in [5, 5.41) is 5.77. The van der Waals surface area contributed by atoms with Gasteiger partial charge >= 0.3 is 0 Å². The fourth-order valence-electron chi connectivity index (χ4n) is 2.81. The van der Waals surface area contributed by atoms with Gasteiger partial charge in [-0.25, -0.2) is 0 Å². The minimum Gasteiger partial charge on any atom is -0.497 e. The van der Waals surface area contributed by atoms with Gasteiger partial charge in [-0.2, -0.15) is 0 Å². The van der Waals surface area contributed by atoms with Crippen LogP contribution in [0.15, 0.2) is 77.3 Å². The predicted octanol–water partition coefficient (Wildman–Crippen LogP) is 4.32. The summed E-state index contributed by atoms with van der Waals surface area (Å²) in [5.74, 6) is 0.658. The number of carbonyl (C=O) groups excluding carboxylic acids is 2. The van der Waals surface area contributed by atoms with Gasteiger partial charge < -0.3 is 20.1 Å². The molecule has 3 aromatic carbocycles. The third-order valence-corrected chi connectivity index (χ3v) is 5.19. The van der Waals surface area contributed by atoms with E-state index in [1.54, 1.807) is 62.8 Å². The third kappa shape index (κ3) is 5.18. The first-order valence-electron chi connectivity index (χ1n) is 9.16. The van der Waals surface area contributed by atoms with Gasteiger partial charge in [0.15, 0.2) is 0 Å². The molecule has 3 aromatic rings. The minimum atomic E-state index is -0.746. The average molecular weight is 469 g/mol. The van der Waals surface area contributed by atoms with Crippen molar-refractivity contribution in [2.24, 2.45) is 0 Å². The second kappa shape index (κ2) is 9.93. The SMILES string of the molecule is COc1ccc(C(=O)NC(NC(=O)c2ccc(OC)cc2)c2ccccc2Br)cc1. The number of nitrogens with one attached hydrogen (secondary N) is 2. The van der Waals surface area contributed by atoms with E-state index in [4.69, 9.17) is 9.47 Å². The van der Waals surface area contributed by atoms with E-state index >= 15 is 0 Å². The smallest absolute Gasteiger partial charge is 0.253 e. The van der Waals surface area contributed by atoms with Crippen molar-refractivity contribution in [3.63, 3.8) is 0 Å². The highest BCUT2D eigenvalue weighted by molar-refractivity contribution is 9.10. The van der Waals surface area contributed by atoms with Crippen LogP contribution < -0.4 is 20.1 Å². The van der Waals surface area contributed by atoms with Crippen LogP contribution in [0.25, 0.3) is 0 Å². The maximum Gasteiger partial charge on any atom is 0.253 e. The molecule has 0 spiro atoms. The van der Waals surface area contributed by atoms with E-state index in [9.17, 15) is 9.59 Å². The van der Waals surface area contributed by atoms with Crippen molar-refractivity contribution >= 4 is 27.7 Å². The molecule has 0 aliphatic rings. The molecule has 0 heterocycles. The molecule has 0 atom stereocenters. The Kier molecular flexibility index (Phi) is 7.08. The Hall–Kier alpha value is -3.32. The summed E-state index contributed by atoms with van der Waals surface area (Å²) in [7, 11) is 3.12. The largest absolute Gasteiger partial charge is 0.497 e. The highest BCUT2D eigenvalue weighted by atomic mass is 79.9. The normalized spacial score (nSPS) is 10.4. The summed E-state index contributed by atoms with van der Waals surface area (Å²) in [4.78, 5) is 25.6. The monoisotopic (exact) mass is 468 g/mol. The van der Waals surface area contributed by atoms with E-state index in [-0.39, 0.29) is 11.8 Å². The molecule has 0 unspecified atom stereocenters. The number of benzene rings is 3. The number of methoxy groups -OCH3 is 2. The van der Waals surface area contributed by atoms with Crippen LogP contribution in [0.3, 0.4) is 0 Å². The van der Waals surface area contributed by atoms with Crippen molar-refractivity contribution in [2.45, 2.75) is 6.17 Å². The van der Waals surface area contributed by atoms with Crippen LogP contribution in [0.1, 0.15) is 32.4 Å². The van der Waals surface area contributed by atoms with Crippen LogP contribution in [0.5, 0.6) is 11.5 Å². The molecule has 0 saturated heterocycles. The molecule has 0 aliphatic heterocycles. The van der Waals surface area contributed by atoms with Crippen LogP contribution in [-0.2, 0) is 0 Å². The molecule has 0 aromatic heterocycles. The quantitative estimate of drug-likeness (QED) is 0.506. The van der Waals surface area contributed by atoms with Gasteiger partial charge in [-0.1, -0.05) is 34.1 Å². The van der Waals surface area contributed by atoms with Crippen molar-refractivity contribution in [1.29, 1.82) is 0 Å². The summed E-state index contributed by atoms with van der Waals surface area (Å²) >= 11 is 3.49. The first-order valence-corrected chi connectivity index (χ1v) is 9.95. The zero-order valence-corrected chi connectivity index (χ0v) is 18.1. The Morgan fingerprint density at radius 3 is 1.57 bits per heavy atom. The second-order valence-electron chi connectivity index (χ2n) is 6.36. The first kappa shape index (κ1) is 21.4. The minimum absolute atomic E-state index is 0.326. The summed E-state index contributed by atoms with van der Waals surface area (Å²) in [5.41, 5.74) is 1.62. The van der Waals surface area contributed by atoms with E-state index in [1.165, 1.54) is 0 Å². The predicted molar refractivity (Wildman–Crippen MR) is 118 cm³/mol. The highest BCUT2D eigenvalue weighted by Crippen LogP contribution is 2.23. The van der Waals surface area contributed by atoms with E-state index in [0.717, 1.165) is 10.0 Å². The molecule has 7 heteroatoms. The number of rotatable bonds is 7. The highest BCUT2D eigenvalue weighted by Gasteiger charge is 2.21. The fourth-order valence-corrected chi connectivity index (χ4v) is 3.33. The van der Waals surface area contributed by atoms with Crippen molar-refractivity contribution in [3.05, 3.63) is 94.0 Å². The first-order chi connectivity index (χ1) is 14.5. The lowest BCUT2D eigenvalue weighted by Crippen LogP contribution is -2.41. The fraction of sp³-hybridized carbons (Fsp3) is 0.130. The molecule has 154 valence electrons. The van der Waals surface area contributed by atoms with Crippen LogP contribution in [0.4, 0.5) is 0 Å². The van der Waals surface area contributed by atoms with E-state index < -0.39 is 6.17 Å². The van der Waals surface area contributed by atoms with Crippen molar-refractivity contribution in [3.8, 4) is 11.5 Å². The molecule has 2 N–H and O–H groups in total. The molecule has 0 radical (unpaired) electrons. The lowest BCUT2D eigenvalue weighted by atomic mass is 10.1. The summed E-state index contributed by atoms with van der Waals surface area (Å²) < 4.78 is 11.0. The van der Waals surface area contributed by atoms with Crippen LogP contribution in [-0.4, -0.2) is 26.0 Å². The molecule has 0 saturated carbocycles. The Balaban J connectivity index is 1.83. The van der Waals surface area contributed by atoms with E-state index in [2.05, 4.69) is 26.6 Å². The van der Waals surface area contributed by atoms with Crippen LogP contribution in [0, 0.1) is 0 Å². The molecule has 0 aliphatic carbocycles. The van der Waals surface area contributed by atoms with Crippen molar-refractivity contribution in [2.75, 3.05) is 14.2 Å². The van der Waals surface area contributed by atoms with Crippen molar-refractivity contribution < 1.29 is 19.1 Å². The number of halogens is 1. The van der Waals surface area contributed by atoms with Gasteiger partial charge in [0, 0.05) is 21.2 Å². The number of hydrogen-bond acceptors (Lipinski definition) is 4. The third-order valence-electron chi connectivity index (χ3n) is 4.47. The Bertz CT molecular complexity index is 959. The molecule has 2 amide bonds. The van der Waals surface area contributed by atoms with Gasteiger partial charge in [-0.05, 0) is 54.6 Å². The zero-order valence-electron chi connectivity index (χ0n) is 16.5. The standard InChI is InChI=1S/C23H21BrN2O4/c1-29-17-11-7-15(8-12-17)22(27)25-21(19-5-3-4-6-20(19)24)26-23(28)16-9-13-18(30-2)14-10-16/h3-14,21H,1-2H3,(H,25,27)(H,26,28). The summed E-state index contributed by atoms with van der Waals surface area (Å²) in [6.07, 6.45) is -0.746. The molecule has 3 rings (SSSR count). The van der Waals surface area contributed by atoms with E-state index in [0.29, 0.717) is 22.6 Å². The molecular weight excluding hydrogens is 448 g/mol. The summed E-state index contributed by atoms with van der Waals surface area (Å²) in [6, 6.07) is 20.9. The van der Waals surface area contributed by atoms with E-state index in [1.807, 2.05) is 24.3 Å². The van der Waals surface area contributed by atoms with Gasteiger partial charge in [-0.3, -0.25) is 9.59 Å². The van der Waals surface area contributed by atoms with Crippen LogP contribution >= 0.6 is 15.9 Å². The van der Waals surface area contributed by atoms with Gasteiger partial charge in [0.1, 0.15) is 17.7 Å². The number of ether oxygens (including phenoxy) is 2. The van der Waals surface area contributed by atoms with Gasteiger partial charge in [0.2, 0.25) is 0 Å². The molecule has 30 heavy (non-hydrogen) atoms. The maximum atomic E-state index is 12.8. The zero-order chi connectivity index (χ0) is 21.5. The Labute approximate surface area is 183 Å². The Morgan fingerprint density at radius 1 is 0.733 bits per heavy atom. The molecule has 6 nitrogen and oxygen atoms in total. The van der Waals surface area contributed by atoms with Gasteiger partial charge in [-0.15, -0.1) is 0 Å². The second-order valence-corrected chi connectivity index (χ2v) is 7.21. The lowest BCUT2D eigenvalue weighted by Gasteiger charge is -2.22. The number of hydrogen-bond donors (Lipinski definition) is 2. The molecule has 0 bridgehead atoms. The molecular formula is C23H21BrN2O4. The summed E-state index contributed by atoms with van der Waals surface area (Å²) in [6.45, 7) is 0. The van der Waals surface area contributed by atoms with Gasteiger partial charge in [0.25, 0.3) is 11.8 Å². The van der Waals surface area contributed by atoms with Crippen molar-refractivity contribution in [1.82, 2.24) is 10.6 Å². The maximum absolute atomic E-state index is 12.8. The lowest BCUT2D eigenvalue weighted by molar-refractivity contribution is 0.0883. The number of amides is 2. The Morgan fingerprint density at radius 2 is 1.17 bits per heavy atom. The van der Waals surface area contributed by atoms with Crippen LogP contribution in [0.2, 0.25) is 0 Å². The average Bonchev–Trinajstić information content (AvgIpc) is 2.79. The number of carbonyl (C=O) groups is 2. The molecule has 0 fully saturated rings. The van der Waals surface area contributed by atoms with Gasteiger partial charge in [0.05, 0.1) is 14.2 Å². The topological polar surface area (TPSA) is 76.7 Å².